The molecule has 2 aromatic carbocycles. The fourth-order valence-electron chi connectivity index (χ4n) is 3.31. The molecule has 1 amide bonds. The number of rotatable bonds is 7. The van der Waals surface area contributed by atoms with Gasteiger partial charge in [-0.1, -0.05) is 36.4 Å². The highest BCUT2D eigenvalue weighted by Gasteiger charge is 2.15. The monoisotopic (exact) mass is 341 g/mol. The van der Waals surface area contributed by atoms with Crippen molar-refractivity contribution in [2.24, 2.45) is 0 Å². The van der Waals surface area contributed by atoms with E-state index in [0.717, 1.165) is 17.7 Å². The van der Waals surface area contributed by atoms with Gasteiger partial charge in [0.05, 0.1) is 13.1 Å². The minimum absolute atomic E-state index is 0.0231. The molecule has 1 heterocycles. The highest BCUT2D eigenvalue weighted by molar-refractivity contribution is 5.76. The zero-order valence-electron chi connectivity index (χ0n) is 14.6. The van der Waals surface area contributed by atoms with Crippen molar-refractivity contribution in [2.75, 3.05) is 13.1 Å². The Bertz CT molecular complexity index is 676. The maximum Gasteiger partial charge on any atom is 0.220 e. The molecule has 3 nitrogen and oxygen atoms in total. The second kappa shape index (κ2) is 8.77. The Hall–Kier alpha value is -2.20. The highest BCUT2D eigenvalue weighted by atomic mass is 19.1. The van der Waals surface area contributed by atoms with E-state index in [0.29, 0.717) is 19.4 Å². The van der Waals surface area contributed by atoms with Crippen LogP contribution in [0.1, 0.15) is 36.0 Å². The standard InChI is InChI=1S/C21H25FN2O/c22-20-10-7-17(8-11-20)9-12-21(25)23-15-18-3-5-19(6-4-18)16-24-13-1-2-14-24/h3-8,10-11H,1-2,9,12-16H2,(H,23,25)/p+1. The van der Waals surface area contributed by atoms with Gasteiger partial charge in [0, 0.05) is 31.4 Å². The maximum absolute atomic E-state index is 12.9. The molecule has 0 aliphatic carbocycles. The molecule has 1 fully saturated rings. The summed E-state index contributed by atoms with van der Waals surface area (Å²) in [5.41, 5.74) is 3.46. The van der Waals surface area contributed by atoms with Crippen LogP contribution in [0.5, 0.6) is 0 Å². The first kappa shape index (κ1) is 17.6. The molecule has 1 saturated heterocycles. The Morgan fingerprint density at radius 3 is 2.20 bits per heavy atom. The number of benzene rings is 2. The quantitative estimate of drug-likeness (QED) is 0.796. The first-order chi connectivity index (χ1) is 12.2. The number of hydrogen-bond donors (Lipinski definition) is 2. The van der Waals surface area contributed by atoms with Gasteiger partial charge in [0.25, 0.3) is 0 Å². The van der Waals surface area contributed by atoms with Crippen LogP contribution >= 0.6 is 0 Å². The second-order valence-corrected chi connectivity index (χ2v) is 6.85. The summed E-state index contributed by atoms with van der Waals surface area (Å²) < 4.78 is 12.9. The number of halogens is 1. The van der Waals surface area contributed by atoms with Gasteiger partial charge in [-0.05, 0) is 29.7 Å². The molecule has 0 bridgehead atoms. The van der Waals surface area contributed by atoms with Crippen molar-refractivity contribution in [3.05, 3.63) is 71.0 Å². The molecule has 2 N–H and O–H groups in total. The van der Waals surface area contributed by atoms with Gasteiger partial charge in [-0.2, -0.15) is 0 Å². The van der Waals surface area contributed by atoms with Crippen LogP contribution in [-0.4, -0.2) is 19.0 Å². The van der Waals surface area contributed by atoms with Crippen molar-refractivity contribution < 1.29 is 14.1 Å². The Balaban J connectivity index is 1.39. The van der Waals surface area contributed by atoms with Crippen LogP contribution < -0.4 is 10.2 Å². The van der Waals surface area contributed by atoms with Gasteiger partial charge in [-0.15, -0.1) is 0 Å². The van der Waals surface area contributed by atoms with Gasteiger partial charge in [0.2, 0.25) is 5.91 Å². The van der Waals surface area contributed by atoms with Crippen LogP contribution in [0.15, 0.2) is 48.5 Å². The van der Waals surface area contributed by atoms with Crippen LogP contribution in [0.4, 0.5) is 4.39 Å². The summed E-state index contributed by atoms with van der Waals surface area (Å²) in [6.07, 6.45) is 3.74. The minimum Gasteiger partial charge on any atom is -0.352 e. The zero-order valence-corrected chi connectivity index (χ0v) is 14.6. The predicted molar refractivity (Wildman–Crippen MR) is 96.6 cm³/mol. The molecule has 2 aromatic rings. The van der Waals surface area contributed by atoms with E-state index >= 15 is 0 Å². The molecule has 1 aliphatic rings. The molecule has 0 saturated carbocycles. The third kappa shape index (κ3) is 5.68. The number of carbonyl (C=O) groups excluding carboxylic acids is 1. The second-order valence-electron chi connectivity index (χ2n) is 6.85. The van der Waals surface area contributed by atoms with E-state index in [4.69, 9.17) is 0 Å². The van der Waals surface area contributed by atoms with Crippen LogP contribution in [0.2, 0.25) is 0 Å². The largest absolute Gasteiger partial charge is 0.352 e. The number of carbonyl (C=O) groups is 1. The van der Waals surface area contributed by atoms with E-state index in [2.05, 4.69) is 29.6 Å². The number of amides is 1. The summed E-state index contributed by atoms with van der Waals surface area (Å²) in [6, 6.07) is 14.9. The lowest BCUT2D eigenvalue weighted by Crippen LogP contribution is -3.08. The average molecular weight is 341 g/mol. The summed E-state index contributed by atoms with van der Waals surface area (Å²) in [5, 5.41) is 2.95. The average Bonchev–Trinajstić information content (AvgIpc) is 3.14. The zero-order chi connectivity index (χ0) is 17.5. The van der Waals surface area contributed by atoms with E-state index in [9.17, 15) is 9.18 Å². The molecule has 132 valence electrons. The third-order valence-electron chi connectivity index (χ3n) is 4.83. The van der Waals surface area contributed by atoms with E-state index < -0.39 is 0 Å². The Labute approximate surface area is 148 Å². The Morgan fingerprint density at radius 2 is 1.52 bits per heavy atom. The van der Waals surface area contributed by atoms with Crippen molar-refractivity contribution in [1.82, 2.24) is 5.32 Å². The summed E-state index contributed by atoms with van der Waals surface area (Å²) in [6.45, 7) is 4.22. The molecule has 0 spiro atoms. The molecule has 25 heavy (non-hydrogen) atoms. The summed E-state index contributed by atoms with van der Waals surface area (Å²) in [4.78, 5) is 13.6. The lowest BCUT2D eigenvalue weighted by Gasteiger charge is -2.12. The molecule has 3 rings (SSSR count). The number of hydrogen-bond acceptors (Lipinski definition) is 1. The molecule has 0 radical (unpaired) electrons. The molecular weight excluding hydrogens is 315 g/mol. The highest BCUT2D eigenvalue weighted by Crippen LogP contribution is 2.07. The number of aryl methyl sites for hydroxylation is 1. The number of quaternary nitrogens is 1. The van der Waals surface area contributed by atoms with Gasteiger partial charge in [-0.25, -0.2) is 4.39 Å². The van der Waals surface area contributed by atoms with Crippen molar-refractivity contribution in [1.29, 1.82) is 0 Å². The van der Waals surface area contributed by atoms with Gasteiger partial charge >= 0.3 is 0 Å². The smallest absolute Gasteiger partial charge is 0.220 e. The summed E-state index contributed by atoms with van der Waals surface area (Å²) in [7, 11) is 0. The lowest BCUT2D eigenvalue weighted by atomic mass is 10.1. The maximum atomic E-state index is 12.9. The van der Waals surface area contributed by atoms with E-state index in [-0.39, 0.29) is 11.7 Å². The van der Waals surface area contributed by atoms with Gasteiger partial charge in [0.1, 0.15) is 12.4 Å². The molecule has 0 atom stereocenters. The number of likely N-dealkylation sites (tertiary alicyclic amines) is 1. The lowest BCUT2D eigenvalue weighted by molar-refractivity contribution is -0.901. The topological polar surface area (TPSA) is 33.5 Å². The Morgan fingerprint density at radius 1 is 0.920 bits per heavy atom. The van der Waals surface area contributed by atoms with E-state index in [1.807, 2.05) is 0 Å². The van der Waals surface area contributed by atoms with Crippen LogP contribution in [0, 0.1) is 5.82 Å². The van der Waals surface area contributed by atoms with Crippen molar-refractivity contribution in [3.8, 4) is 0 Å². The van der Waals surface area contributed by atoms with Crippen LogP contribution in [0.25, 0.3) is 0 Å². The fraction of sp³-hybridized carbons (Fsp3) is 0.381. The van der Waals surface area contributed by atoms with E-state index in [1.54, 1.807) is 17.0 Å². The predicted octanol–water partition coefficient (Wildman–Crippen LogP) is 2.25. The Kier molecular flexibility index (Phi) is 6.18. The molecule has 4 heteroatoms. The minimum atomic E-state index is -0.247. The fourth-order valence-corrected chi connectivity index (χ4v) is 3.31. The molecule has 1 aliphatic heterocycles. The normalized spacial score (nSPS) is 14.6. The van der Waals surface area contributed by atoms with Gasteiger partial charge < -0.3 is 10.2 Å². The summed E-state index contributed by atoms with van der Waals surface area (Å²) >= 11 is 0. The number of nitrogens with one attached hydrogen (secondary N) is 2. The van der Waals surface area contributed by atoms with Crippen molar-refractivity contribution >= 4 is 5.91 Å². The van der Waals surface area contributed by atoms with Gasteiger partial charge in [-0.3, -0.25) is 4.79 Å². The molecule has 0 aromatic heterocycles. The van der Waals surface area contributed by atoms with Crippen molar-refractivity contribution in [2.45, 2.75) is 38.8 Å². The third-order valence-corrected chi connectivity index (χ3v) is 4.83. The van der Waals surface area contributed by atoms with Gasteiger partial charge in [0.15, 0.2) is 0 Å². The molecular formula is C21H26FN2O+. The summed E-state index contributed by atoms with van der Waals surface area (Å²) in [5.74, 6) is -0.224. The first-order valence-electron chi connectivity index (χ1n) is 9.11. The SMILES string of the molecule is O=C(CCc1ccc(F)cc1)NCc1ccc(C[NH+]2CCCC2)cc1. The molecule has 0 unspecified atom stereocenters. The first-order valence-corrected chi connectivity index (χ1v) is 9.11. The van der Waals surface area contributed by atoms with E-state index in [1.165, 1.54) is 43.6 Å². The van der Waals surface area contributed by atoms with Crippen LogP contribution in [0.3, 0.4) is 0 Å². The van der Waals surface area contributed by atoms with Crippen molar-refractivity contribution in [3.63, 3.8) is 0 Å². The van der Waals surface area contributed by atoms with Crippen LogP contribution in [-0.2, 0) is 24.3 Å².